The Hall–Kier alpha value is -3.41. The Morgan fingerprint density at radius 3 is 2.14 bits per heavy atom. The summed E-state index contributed by atoms with van der Waals surface area (Å²) in [5, 5.41) is 7.41. The minimum atomic E-state index is -0.946. The lowest BCUT2D eigenvalue weighted by molar-refractivity contribution is -0.143. The van der Waals surface area contributed by atoms with Crippen LogP contribution in [0.5, 0.6) is 0 Å². The molecule has 0 fully saturated rings. The summed E-state index contributed by atoms with van der Waals surface area (Å²) in [5.74, 6) is -0.885. The van der Waals surface area contributed by atoms with Gasteiger partial charge in [0.05, 0.1) is 12.8 Å². The van der Waals surface area contributed by atoms with Crippen molar-refractivity contribution in [3.63, 3.8) is 0 Å². The van der Waals surface area contributed by atoms with Gasteiger partial charge in [-0.05, 0) is 37.6 Å². The first kappa shape index (κ1) is 19.4. The van der Waals surface area contributed by atoms with Crippen molar-refractivity contribution >= 4 is 11.9 Å². The smallest absolute Gasteiger partial charge is 0.331 e. The van der Waals surface area contributed by atoms with E-state index in [9.17, 15) is 9.59 Å². The van der Waals surface area contributed by atoms with Gasteiger partial charge in [-0.1, -0.05) is 48.5 Å². The molecule has 0 spiro atoms. The number of ether oxygens (including phenoxy) is 1. The molecule has 0 radical (unpaired) electrons. The fourth-order valence-corrected chi connectivity index (χ4v) is 3.26. The molecule has 6 heteroatoms. The van der Waals surface area contributed by atoms with Gasteiger partial charge in [-0.25, -0.2) is 4.79 Å². The Morgan fingerprint density at radius 2 is 1.61 bits per heavy atom. The van der Waals surface area contributed by atoms with Crippen molar-refractivity contribution in [2.75, 3.05) is 7.11 Å². The van der Waals surface area contributed by atoms with Crippen LogP contribution in [-0.2, 0) is 9.53 Å². The van der Waals surface area contributed by atoms with Crippen molar-refractivity contribution in [3.05, 3.63) is 89.2 Å². The van der Waals surface area contributed by atoms with Gasteiger partial charge in [0.25, 0.3) is 5.91 Å². The minimum Gasteiger partial charge on any atom is -0.467 e. The average Bonchev–Trinajstić information content (AvgIpc) is 3.06. The summed E-state index contributed by atoms with van der Waals surface area (Å²) in [6.45, 7) is 3.81. The zero-order valence-electron chi connectivity index (χ0n) is 16.1. The SMILES string of the molecule is COC(=O)[C@H](NC(=O)c1ccccc1)[C@@H](c1ccccc1)n1nc(C)cc1C. The molecule has 0 saturated heterocycles. The Kier molecular flexibility index (Phi) is 5.89. The molecule has 1 N–H and O–H groups in total. The molecule has 28 heavy (non-hydrogen) atoms. The number of rotatable bonds is 6. The summed E-state index contributed by atoms with van der Waals surface area (Å²) in [5.41, 5.74) is 3.03. The summed E-state index contributed by atoms with van der Waals surface area (Å²) in [6.07, 6.45) is 0. The van der Waals surface area contributed by atoms with Crippen molar-refractivity contribution in [2.45, 2.75) is 25.9 Å². The number of aryl methyl sites for hydroxylation is 2. The lowest BCUT2D eigenvalue weighted by Crippen LogP contribution is -2.48. The van der Waals surface area contributed by atoms with Gasteiger partial charge >= 0.3 is 5.97 Å². The number of carbonyl (C=O) groups excluding carboxylic acids is 2. The minimum absolute atomic E-state index is 0.349. The van der Waals surface area contributed by atoms with E-state index >= 15 is 0 Å². The van der Waals surface area contributed by atoms with E-state index in [1.807, 2.05) is 56.3 Å². The highest BCUT2D eigenvalue weighted by Crippen LogP contribution is 2.25. The van der Waals surface area contributed by atoms with Crippen LogP contribution in [0.25, 0.3) is 0 Å². The monoisotopic (exact) mass is 377 g/mol. The van der Waals surface area contributed by atoms with E-state index in [0.29, 0.717) is 5.56 Å². The maximum absolute atomic E-state index is 12.8. The molecule has 0 unspecified atom stereocenters. The third-order valence-corrected chi connectivity index (χ3v) is 4.54. The molecule has 2 atom stereocenters. The molecular weight excluding hydrogens is 354 g/mol. The van der Waals surface area contributed by atoms with Crippen molar-refractivity contribution in [1.29, 1.82) is 0 Å². The molecule has 1 aromatic heterocycles. The summed E-state index contributed by atoms with van der Waals surface area (Å²) in [4.78, 5) is 25.5. The van der Waals surface area contributed by atoms with E-state index in [-0.39, 0.29) is 5.91 Å². The van der Waals surface area contributed by atoms with Gasteiger partial charge in [-0.3, -0.25) is 9.48 Å². The number of nitrogens with zero attached hydrogens (tertiary/aromatic N) is 2. The van der Waals surface area contributed by atoms with Crippen molar-refractivity contribution in [3.8, 4) is 0 Å². The molecule has 0 aliphatic heterocycles. The zero-order chi connectivity index (χ0) is 20.1. The molecule has 3 rings (SSSR count). The highest BCUT2D eigenvalue weighted by Gasteiger charge is 2.35. The van der Waals surface area contributed by atoms with E-state index in [4.69, 9.17) is 4.74 Å². The van der Waals surface area contributed by atoms with Crippen LogP contribution in [0, 0.1) is 13.8 Å². The first-order chi connectivity index (χ1) is 13.5. The molecule has 1 heterocycles. The number of esters is 1. The van der Waals surface area contributed by atoms with Gasteiger partial charge in [-0.15, -0.1) is 0 Å². The van der Waals surface area contributed by atoms with Crippen LogP contribution in [0.15, 0.2) is 66.7 Å². The topological polar surface area (TPSA) is 73.2 Å². The molecule has 0 bridgehead atoms. The number of nitrogens with one attached hydrogen (secondary N) is 1. The molecule has 6 nitrogen and oxygen atoms in total. The van der Waals surface area contributed by atoms with Crippen molar-refractivity contribution in [2.24, 2.45) is 0 Å². The van der Waals surface area contributed by atoms with E-state index in [1.54, 1.807) is 28.9 Å². The quantitative estimate of drug-likeness (QED) is 0.670. The highest BCUT2D eigenvalue weighted by atomic mass is 16.5. The number of benzene rings is 2. The predicted octanol–water partition coefficient (Wildman–Crippen LogP) is 3.06. The number of carbonyl (C=O) groups is 2. The number of aromatic nitrogens is 2. The zero-order valence-corrected chi connectivity index (χ0v) is 16.1. The second kappa shape index (κ2) is 8.52. The van der Waals surface area contributed by atoms with Gasteiger partial charge in [0.1, 0.15) is 6.04 Å². The lowest BCUT2D eigenvalue weighted by Gasteiger charge is -2.28. The van der Waals surface area contributed by atoms with Crippen molar-refractivity contribution < 1.29 is 14.3 Å². The Labute approximate surface area is 164 Å². The number of methoxy groups -OCH3 is 1. The molecule has 1 amide bonds. The predicted molar refractivity (Wildman–Crippen MR) is 106 cm³/mol. The number of hydrogen-bond donors (Lipinski definition) is 1. The molecule has 2 aromatic carbocycles. The van der Waals surface area contributed by atoms with E-state index < -0.39 is 18.1 Å². The molecule has 0 aliphatic carbocycles. The highest BCUT2D eigenvalue weighted by molar-refractivity contribution is 5.97. The standard InChI is InChI=1S/C22H23N3O3/c1-15-14-16(2)25(24-15)20(17-10-6-4-7-11-17)19(22(27)28-3)23-21(26)18-12-8-5-9-13-18/h4-14,19-20H,1-3H3,(H,23,26)/t19-,20-/m1/s1. The van der Waals surface area contributed by atoms with E-state index in [0.717, 1.165) is 17.0 Å². The summed E-state index contributed by atoms with van der Waals surface area (Å²) < 4.78 is 6.79. The summed E-state index contributed by atoms with van der Waals surface area (Å²) in [7, 11) is 1.31. The number of amides is 1. The van der Waals surface area contributed by atoms with E-state index in [1.165, 1.54) is 7.11 Å². The molecule has 0 saturated carbocycles. The Bertz CT molecular complexity index is 952. The molecule has 144 valence electrons. The second-order valence-electron chi connectivity index (χ2n) is 6.57. The van der Waals surface area contributed by atoms with Gasteiger partial charge in [-0.2, -0.15) is 5.10 Å². The fraction of sp³-hybridized carbons (Fsp3) is 0.227. The summed E-state index contributed by atoms with van der Waals surface area (Å²) in [6, 6.07) is 18.7. The fourth-order valence-electron chi connectivity index (χ4n) is 3.26. The molecule has 3 aromatic rings. The maximum atomic E-state index is 12.8. The maximum Gasteiger partial charge on any atom is 0.331 e. The molecular formula is C22H23N3O3. The Morgan fingerprint density at radius 1 is 1.00 bits per heavy atom. The van der Waals surface area contributed by atoms with Crippen LogP contribution in [0.4, 0.5) is 0 Å². The average molecular weight is 377 g/mol. The van der Waals surface area contributed by atoms with Gasteiger partial charge < -0.3 is 10.1 Å². The lowest BCUT2D eigenvalue weighted by atomic mass is 9.98. The van der Waals surface area contributed by atoms with Crippen LogP contribution in [0.2, 0.25) is 0 Å². The van der Waals surface area contributed by atoms with Crippen LogP contribution in [0.3, 0.4) is 0 Å². The summed E-state index contributed by atoms with van der Waals surface area (Å²) >= 11 is 0. The van der Waals surface area contributed by atoms with Crippen LogP contribution >= 0.6 is 0 Å². The second-order valence-corrected chi connectivity index (χ2v) is 6.57. The first-order valence-corrected chi connectivity index (χ1v) is 9.02. The molecule has 0 aliphatic rings. The Balaban J connectivity index is 2.06. The van der Waals surface area contributed by atoms with Crippen LogP contribution in [0.1, 0.15) is 33.4 Å². The van der Waals surface area contributed by atoms with Crippen LogP contribution in [-0.4, -0.2) is 34.8 Å². The first-order valence-electron chi connectivity index (χ1n) is 9.02. The van der Waals surface area contributed by atoms with Gasteiger partial charge in [0, 0.05) is 11.3 Å². The number of hydrogen-bond acceptors (Lipinski definition) is 4. The van der Waals surface area contributed by atoms with Gasteiger partial charge in [0.2, 0.25) is 0 Å². The largest absolute Gasteiger partial charge is 0.467 e. The third kappa shape index (κ3) is 4.11. The van der Waals surface area contributed by atoms with Crippen LogP contribution < -0.4 is 5.32 Å². The van der Waals surface area contributed by atoms with Gasteiger partial charge in [0.15, 0.2) is 6.04 Å². The normalized spacial score (nSPS) is 12.8. The third-order valence-electron chi connectivity index (χ3n) is 4.54. The van der Waals surface area contributed by atoms with Crippen molar-refractivity contribution in [1.82, 2.24) is 15.1 Å². The van der Waals surface area contributed by atoms with E-state index in [2.05, 4.69) is 10.4 Å².